The molecule has 0 fully saturated rings. The quantitative estimate of drug-likeness (QED) is 0.875. The zero-order valence-corrected chi connectivity index (χ0v) is 9.97. The molecule has 0 aliphatic carbocycles. The minimum Gasteiger partial charge on any atom is -0.381 e. The fourth-order valence-corrected chi connectivity index (χ4v) is 1.82. The summed E-state index contributed by atoms with van der Waals surface area (Å²) in [6, 6.07) is 6.11. The van der Waals surface area contributed by atoms with Crippen molar-refractivity contribution in [2.45, 2.75) is 19.9 Å². The van der Waals surface area contributed by atoms with Crippen molar-refractivity contribution in [3.05, 3.63) is 23.5 Å². The Balaban J connectivity index is 2.61. The monoisotopic (exact) mass is 243 g/mol. The number of fused-ring (bicyclic) bond motifs is 1. The molecule has 2 aromatic rings. The van der Waals surface area contributed by atoms with Crippen LogP contribution < -0.4 is 5.32 Å². The molecule has 0 spiro atoms. The van der Waals surface area contributed by atoms with Crippen LogP contribution in [0.2, 0.25) is 5.28 Å². The number of hydrogen-bond donors (Lipinski definition) is 1. The van der Waals surface area contributed by atoms with Crippen LogP contribution in [0.25, 0.3) is 11.0 Å². The van der Waals surface area contributed by atoms with E-state index in [1.165, 1.54) is 4.09 Å². The molecule has 0 aliphatic heterocycles. The molecule has 80 valence electrons. The van der Waals surface area contributed by atoms with Crippen molar-refractivity contribution in [1.29, 1.82) is 0 Å². The van der Waals surface area contributed by atoms with Crippen LogP contribution in [0.5, 0.6) is 0 Å². The molecule has 0 radical (unpaired) electrons. The van der Waals surface area contributed by atoms with Crippen LogP contribution in [0.1, 0.15) is 13.8 Å². The van der Waals surface area contributed by atoms with Gasteiger partial charge in [0.15, 0.2) is 0 Å². The molecule has 0 bridgehead atoms. The van der Waals surface area contributed by atoms with Gasteiger partial charge in [-0.05, 0) is 37.6 Å². The van der Waals surface area contributed by atoms with Gasteiger partial charge in [0, 0.05) is 17.8 Å². The standard InChI is InChI=1S/C10H11Cl2N3/c1-6(2)13-7-4-3-5-8-9(7)14-10(11)15(8)12/h3-6,13H,1-2H3. The molecule has 1 aromatic carbocycles. The number of aromatic nitrogens is 2. The lowest BCUT2D eigenvalue weighted by molar-refractivity contribution is 0.901. The van der Waals surface area contributed by atoms with E-state index in [9.17, 15) is 0 Å². The highest BCUT2D eigenvalue weighted by Crippen LogP contribution is 2.27. The van der Waals surface area contributed by atoms with Gasteiger partial charge in [0.25, 0.3) is 0 Å². The third-order valence-electron chi connectivity index (χ3n) is 2.04. The molecule has 0 aliphatic rings. The van der Waals surface area contributed by atoms with Gasteiger partial charge >= 0.3 is 0 Å². The molecule has 0 unspecified atom stereocenters. The number of nitrogens with one attached hydrogen (secondary N) is 1. The minimum absolute atomic E-state index is 0.282. The summed E-state index contributed by atoms with van der Waals surface area (Å²) in [6.45, 7) is 4.14. The summed E-state index contributed by atoms with van der Waals surface area (Å²) in [4.78, 5) is 4.20. The first-order valence-electron chi connectivity index (χ1n) is 4.69. The summed E-state index contributed by atoms with van der Waals surface area (Å²) in [5, 5.41) is 3.58. The van der Waals surface area contributed by atoms with Gasteiger partial charge in [0.05, 0.1) is 11.2 Å². The van der Waals surface area contributed by atoms with Crippen molar-refractivity contribution in [2.24, 2.45) is 0 Å². The van der Waals surface area contributed by atoms with Crippen molar-refractivity contribution in [3.63, 3.8) is 0 Å². The summed E-state index contributed by atoms with van der Waals surface area (Å²) in [6.07, 6.45) is 0. The predicted molar refractivity (Wildman–Crippen MR) is 64.8 cm³/mol. The van der Waals surface area contributed by atoms with Gasteiger partial charge in [-0.15, -0.1) is 0 Å². The number of halogens is 2. The fourth-order valence-electron chi connectivity index (χ4n) is 1.47. The Bertz CT molecular complexity index is 491. The number of para-hydroxylation sites is 1. The molecule has 1 heterocycles. The van der Waals surface area contributed by atoms with Crippen molar-refractivity contribution in [2.75, 3.05) is 5.32 Å². The third-order valence-corrected chi connectivity index (χ3v) is 2.72. The second-order valence-corrected chi connectivity index (χ2v) is 4.31. The second kappa shape index (κ2) is 3.91. The van der Waals surface area contributed by atoms with E-state index < -0.39 is 0 Å². The van der Waals surface area contributed by atoms with Gasteiger partial charge in [-0.1, -0.05) is 6.07 Å². The van der Waals surface area contributed by atoms with Gasteiger partial charge in [-0.25, -0.2) is 9.07 Å². The first-order valence-corrected chi connectivity index (χ1v) is 5.41. The fraction of sp³-hybridized carbons (Fsp3) is 0.300. The topological polar surface area (TPSA) is 29.9 Å². The van der Waals surface area contributed by atoms with E-state index in [-0.39, 0.29) is 5.28 Å². The molecule has 0 atom stereocenters. The maximum atomic E-state index is 5.94. The first-order chi connectivity index (χ1) is 7.09. The molecular formula is C10H11Cl2N3. The van der Waals surface area contributed by atoms with Crippen LogP contribution in [0.15, 0.2) is 18.2 Å². The van der Waals surface area contributed by atoms with Crippen LogP contribution in [0, 0.1) is 0 Å². The van der Waals surface area contributed by atoms with Gasteiger partial charge in [-0.3, -0.25) is 0 Å². The normalized spacial score (nSPS) is 11.3. The molecule has 3 nitrogen and oxygen atoms in total. The summed E-state index contributed by atoms with van der Waals surface area (Å²) < 4.78 is 1.35. The smallest absolute Gasteiger partial charge is 0.218 e. The Labute approximate surface area is 98.1 Å². The summed E-state index contributed by atoms with van der Waals surface area (Å²) >= 11 is 11.8. The van der Waals surface area contributed by atoms with Crippen molar-refractivity contribution >= 4 is 40.1 Å². The molecular weight excluding hydrogens is 233 g/mol. The lowest BCUT2D eigenvalue weighted by Crippen LogP contribution is -2.09. The van der Waals surface area contributed by atoms with Gasteiger partial charge in [-0.2, -0.15) is 0 Å². The maximum absolute atomic E-state index is 5.94. The summed E-state index contributed by atoms with van der Waals surface area (Å²) in [5.74, 6) is 0. The highest BCUT2D eigenvalue weighted by molar-refractivity contribution is 6.34. The Morgan fingerprint density at radius 2 is 2.13 bits per heavy atom. The number of nitrogens with zero attached hydrogens (tertiary/aromatic N) is 2. The molecule has 0 amide bonds. The number of imidazole rings is 1. The molecule has 1 N–H and O–H groups in total. The Morgan fingerprint density at radius 1 is 1.40 bits per heavy atom. The Hall–Kier alpha value is -0.930. The number of rotatable bonds is 2. The van der Waals surface area contributed by atoms with Crippen molar-refractivity contribution < 1.29 is 0 Å². The Kier molecular flexibility index (Phi) is 2.76. The second-order valence-electron chi connectivity index (χ2n) is 3.63. The number of benzene rings is 1. The minimum atomic E-state index is 0.282. The van der Waals surface area contributed by atoms with Gasteiger partial charge in [0.2, 0.25) is 5.28 Å². The number of anilines is 1. The Morgan fingerprint density at radius 3 is 2.80 bits per heavy atom. The van der Waals surface area contributed by atoms with Gasteiger partial charge in [0.1, 0.15) is 5.52 Å². The SMILES string of the molecule is CC(C)Nc1cccc2c1nc(Cl)n2Cl. The lowest BCUT2D eigenvalue weighted by Gasteiger charge is -2.09. The average molecular weight is 244 g/mol. The summed E-state index contributed by atoms with van der Waals surface area (Å²) in [7, 11) is 0. The predicted octanol–water partition coefficient (Wildman–Crippen LogP) is 3.51. The molecule has 0 saturated carbocycles. The first kappa shape index (κ1) is 10.6. The zero-order valence-electron chi connectivity index (χ0n) is 8.46. The van der Waals surface area contributed by atoms with Crippen molar-refractivity contribution in [3.8, 4) is 0 Å². The van der Waals surface area contributed by atoms with E-state index >= 15 is 0 Å². The van der Waals surface area contributed by atoms with E-state index in [0.717, 1.165) is 16.7 Å². The average Bonchev–Trinajstić information content (AvgIpc) is 2.45. The van der Waals surface area contributed by atoms with Gasteiger partial charge < -0.3 is 5.32 Å². The lowest BCUT2D eigenvalue weighted by atomic mass is 10.2. The molecule has 5 heteroatoms. The molecule has 15 heavy (non-hydrogen) atoms. The van der Waals surface area contributed by atoms with E-state index in [0.29, 0.717) is 6.04 Å². The van der Waals surface area contributed by atoms with E-state index in [4.69, 9.17) is 23.4 Å². The third kappa shape index (κ3) is 1.90. The van der Waals surface area contributed by atoms with Crippen LogP contribution in [-0.2, 0) is 0 Å². The van der Waals surface area contributed by atoms with Crippen LogP contribution >= 0.6 is 23.4 Å². The van der Waals surface area contributed by atoms with E-state index in [2.05, 4.69) is 24.1 Å². The van der Waals surface area contributed by atoms with Crippen LogP contribution in [0.3, 0.4) is 0 Å². The maximum Gasteiger partial charge on any atom is 0.218 e. The highest BCUT2D eigenvalue weighted by Gasteiger charge is 2.10. The van der Waals surface area contributed by atoms with Crippen LogP contribution in [-0.4, -0.2) is 15.1 Å². The van der Waals surface area contributed by atoms with Crippen molar-refractivity contribution in [1.82, 2.24) is 9.07 Å². The van der Waals surface area contributed by atoms with E-state index in [1.54, 1.807) is 0 Å². The largest absolute Gasteiger partial charge is 0.381 e. The molecule has 1 aromatic heterocycles. The molecule has 0 saturated heterocycles. The zero-order chi connectivity index (χ0) is 11.0. The number of hydrogen-bond acceptors (Lipinski definition) is 2. The van der Waals surface area contributed by atoms with Crippen LogP contribution in [0.4, 0.5) is 5.69 Å². The summed E-state index contributed by atoms with van der Waals surface area (Å²) in [5.41, 5.74) is 2.56. The highest BCUT2D eigenvalue weighted by atomic mass is 35.5. The van der Waals surface area contributed by atoms with E-state index in [1.807, 2.05) is 18.2 Å². The molecule has 2 rings (SSSR count).